The largest absolute Gasteiger partial charge is 0.444 e. The van der Waals surface area contributed by atoms with Crippen LogP contribution in [0.15, 0.2) is 30.3 Å². The van der Waals surface area contributed by atoms with E-state index in [1.165, 1.54) is 16.7 Å². The van der Waals surface area contributed by atoms with E-state index >= 15 is 0 Å². The fraction of sp³-hybridized carbons (Fsp3) is 0.526. The van der Waals surface area contributed by atoms with Crippen LogP contribution in [0.3, 0.4) is 0 Å². The third kappa shape index (κ3) is 3.83. The van der Waals surface area contributed by atoms with Crippen molar-refractivity contribution in [1.82, 2.24) is 4.90 Å². The molecule has 0 radical (unpaired) electrons. The van der Waals surface area contributed by atoms with Gasteiger partial charge in [0.05, 0.1) is 25.3 Å². The second kappa shape index (κ2) is 6.89. The Morgan fingerprint density at radius 3 is 2.83 bits per heavy atom. The van der Waals surface area contributed by atoms with Crippen molar-refractivity contribution in [2.24, 2.45) is 0 Å². The number of amides is 1. The Labute approximate surface area is 151 Å². The van der Waals surface area contributed by atoms with Gasteiger partial charge in [-0.3, -0.25) is 4.90 Å². The number of morpholine rings is 1. The van der Waals surface area contributed by atoms with Gasteiger partial charge in [0.1, 0.15) is 5.60 Å². The lowest BCUT2D eigenvalue weighted by molar-refractivity contribution is -0.0510. The zero-order valence-corrected chi connectivity index (χ0v) is 16.0. The minimum absolute atomic E-state index is 0.0335. The normalized spacial score (nSPS) is 23.7. The van der Waals surface area contributed by atoms with E-state index in [0.29, 0.717) is 13.2 Å². The molecule has 1 aromatic carbocycles. The van der Waals surface area contributed by atoms with Crippen LogP contribution in [0.4, 0.5) is 4.79 Å². The summed E-state index contributed by atoms with van der Waals surface area (Å²) in [5.74, 6) is 0. The standard InChI is InChI=1S/C19H24BrNO3/c1-19(2,3)24-18(22)21-16-8-15(9-17(21)12-23-11-16)14-6-4-5-13(7-14)10-20/h4-8,16-17H,9-12H2,1-3H3. The fourth-order valence-corrected chi connectivity index (χ4v) is 3.61. The monoisotopic (exact) mass is 393 g/mol. The molecule has 130 valence electrons. The maximum absolute atomic E-state index is 12.6. The molecule has 2 unspecified atom stereocenters. The van der Waals surface area contributed by atoms with Crippen LogP contribution in [-0.2, 0) is 14.8 Å². The number of carbonyl (C=O) groups is 1. The summed E-state index contributed by atoms with van der Waals surface area (Å²) in [4.78, 5) is 14.4. The molecule has 1 fully saturated rings. The summed E-state index contributed by atoms with van der Waals surface area (Å²) in [5.41, 5.74) is 3.29. The number of nitrogens with zero attached hydrogens (tertiary/aromatic N) is 1. The van der Waals surface area contributed by atoms with Gasteiger partial charge >= 0.3 is 6.09 Å². The Morgan fingerprint density at radius 1 is 1.38 bits per heavy atom. The Morgan fingerprint density at radius 2 is 2.17 bits per heavy atom. The molecule has 2 bridgehead atoms. The number of hydrogen-bond donors (Lipinski definition) is 0. The molecule has 2 heterocycles. The smallest absolute Gasteiger partial charge is 0.411 e. The first-order valence-corrected chi connectivity index (χ1v) is 9.44. The highest BCUT2D eigenvalue weighted by atomic mass is 79.9. The molecule has 24 heavy (non-hydrogen) atoms. The lowest BCUT2D eigenvalue weighted by Gasteiger charge is -2.44. The van der Waals surface area contributed by atoms with Crippen molar-refractivity contribution in [2.45, 2.75) is 50.2 Å². The zero-order valence-electron chi connectivity index (χ0n) is 14.4. The van der Waals surface area contributed by atoms with Gasteiger partial charge in [-0.25, -0.2) is 4.79 Å². The van der Waals surface area contributed by atoms with Gasteiger partial charge in [0.2, 0.25) is 0 Å². The number of alkyl halides is 1. The minimum Gasteiger partial charge on any atom is -0.444 e. The number of carbonyl (C=O) groups excluding carboxylic acids is 1. The van der Waals surface area contributed by atoms with Gasteiger partial charge in [-0.1, -0.05) is 46.3 Å². The molecule has 0 aromatic heterocycles. The molecule has 4 nitrogen and oxygen atoms in total. The van der Waals surface area contributed by atoms with Gasteiger partial charge in [0.25, 0.3) is 0 Å². The molecule has 5 heteroatoms. The van der Waals surface area contributed by atoms with Gasteiger partial charge in [0.15, 0.2) is 0 Å². The Balaban J connectivity index is 1.85. The second-order valence-corrected chi connectivity index (χ2v) is 7.94. The maximum Gasteiger partial charge on any atom is 0.411 e. The van der Waals surface area contributed by atoms with Crippen LogP contribution in [0.25, 0.3) is 5.57 Å². The average molecular weight is 394 g/mol. The van der Waals surface area contributed by atoms with Crippen molar-refractivity contribution in [3.63, 3.8) is 0 Å². The van der Waals surface area contributed by atoms with Gasteiger partial charge in [-0.2, -0.15) is 0 Å². The fourth-order valence-electron chi connectivity index (χ4n) is 3.26. The third-order valence-corrected chi connectivity index (χ3v) is 4.90. The molecule has 2 aliphatic heterocycles. The summed E-state index contributed by atoms with van der Waals surface area (Å²) < 4.78 is 11.3. The third-order valence-electron chi connectivity index (χ3n) is 4.26. The average Bonchev–Trinajstić information content (AvgIpc) is 2.52. The summed E-state index contributed by atoms with van der Waals surface area (Å²) in [6.45, 7) is 6.78. The van der Waals surface area contributed by atoms with Crippen LogP contribution in [0, 0.1) is 0 Å². The van der Waals surface area contributed by atoms with E-state index in [9.17, 15) is 4.79 Å². The van der Waals surface area contributed by atoms with Crippen LogP contribution >= 0.6 is 15.9 Å². The number of fused-ring (bicyclic) bond motifs is 2. The Bertz CT molecular complexity index is 650. The van der Waals surface area contributed by atoms with E-state index < -0.39 is 5.60 Å². The maximum atomic E-state index is 12.6. The summed E-state index contributed by atoms with van der Waals surface area (Å²) >= 11 is 3.51. The van der Waals surface area contributed by atoms with Crippen LogP contribution < -0.4 is 0 Å². The predicted molar refractivity (Wildman–Crippen MR) is 98.1 cm³/mol. The van der Waals surface area contributed by atoms with E-state index in [0.717, 1.165) is 11.8 Å². The highest BCUT2D eigenvalue weighted by molar-refractivity contribution is 9.08. The molecule has 2 atom stereocenters. The van der Waals surface area contributed by atoms with E-state index in [1.807, 2.05) is 25.7 Å². The Hall–Kier alpha value is -1.33. The molecule has 1 saturated heterocycles. The molecule has 0 spiro atoms. The number of rotatable bonds is 2. The van der Waals surface area contributed by atoms with Gasteiger partial charge in [-0.15, -0.1) is 0 Å². The number of hydrogen-bond acceptors (Lipinski definition) is 3. The van der Waals surface area contributed by atoms with Gasteiger partial charge in [0, 0.05) is 5.33 Å². The van der Waals surface area contributed by atoms with Gasteiger partial charge < -0.3 is 9.47 Å². The van der Waals surface area contributed by atoms with E-state index in [4.69, 9.17) is 9.47 Å². The van der Waals surface area contributed by atoms with Crippen molar-refractivity contribution < 1.29 is 14.3 Å². The molecule has 0 saturated carbocycles. The summed E-state index contributed by atoms with van der Waals surface area (Å²) in [5, 5.41) is 0.841. The van der Waals surface area contributed by atoms with Gasteiger partial charge in [-0.05, 0) is 43.9 Å². The lowest BCUT2D eigenvalue weighted by atomic mass is 9.89. The van der Waals surface area contributed by atoms with Crippen LogP contribution in [0.2, 0.25) is 0 Å². The highest BCUT2D eigenvalue weighted by Crippen LogP contribution is 2.34. The second-order valence-electron chi connectivity index (χ2n) is 7.38. The van der Waals surface area contributed by atoms with Crippen LogP contribution in [-0.4, -0.2) is 41.9 Å². The van der Waals surface area contributed by atoms with Crippen molar-refractivity contribution in [2.75, 3.05) is 13.2 Å². The highest BCUT2D eigenvalue weighted by Gasteiger charge is 2.40. The molecular weight excluding hydrogens is 370 g/mol. The van der Waals surface area contributed by atoms with Crippen molar-refractivity contribution >= 4 is 27.6 Å². The van der Waals surface area contributed by atoms with Crippen molar-refractivity contribution in [3.05, 3.63) is 41.5 Å². The van der Waals surface area contributed by atoms with E-state index in [2.05, 4.69) is 46.3 Å². The molecular formula is C19H24BrNO3. The Kier molecular flexibility index (Phi) is 5.02. The molecule has 3 rings (SSSR count). The van der Waals surface area contributed by atoms with E-state index in [1.54, 1.807) is 0 Å². The molecule has 0 N–H and O–H groups in total. The number of halogens is 1. The van der Waals surface area contributed by atoms with Crippen molar-refractivity contribution in [3.8, 4) is 0 Å². The number of ether oxygens (including phenoxy) is 2. The molecule has 1 amide bonds. The first-order chi connectivity index (χ1) is 11.4. The van der Waals surface area contributed by atoms with Crippen molar-refractivity contribution in [1.29, 1.82) is 0 Å². The summed E-state index contributed by atoms with van der Waals surface area (Å²) in [7, 11) is 0. The molecule has 1 aromatic rings. The summed E-state index contributed by atoms with van der Waals surface area (Å²) in [6, 6.07) is 8.51. The molecule has 0 aliphatic carbocycles. The zero-order chi connectivity index (χ0) is 17.3. The first kappa shape index (κ1) is 17.5. The van der Waals surface area contributed by atoms with E-state index in [-0.39, 0.29) is 18.2 Å². The predicted octanol–water partition coefficient (Wildman–Crippen LogP) is 4.37. The quantitative estimate of drug-likeness (QED) is 0.700. The topological polar surface area (TPSA) is 38.8 Å². The molecule has 2 aliphatic rings. The first-order valence-electron chi connectivity index (χ1n) is 8.32. The SMILES string of the molecule is CC(C)(C)OC(=O)N1C2C=C(c3cccc(CBr)c3)CC1COC2. The minimum atomic E-state index is -0.486. The summed E-state index contributed by atoms with van der Waals surface area (Å²) in [6.07, 6.45) is 2.71. The van der Waals surface area contributed by atoms with Crippen LogP contribution in [0.5, 0.6) is 0 Å². The number of benzene rings is 1. The lowest BCUT2D eigenvalue weighted by Crippen LogP contribution is -2.57. The van der Waals surface area contributed by atoms with Crippen LogP contribution in [0.1, 0.15) is 38.3 Å².